The predicted molar refractivity (Wildman–Crippen MR) is 58.8 cm³/mol. The number of hydrogen-bond donors (Lipinski definition) is 1. The van der Waals surface area contributed by atoms with Gasteiger partial charge in [0.15, 0.2) is 0 Å². The molecule has 1 N–H and O–H groups in total. The number of nitrogens with one attached hydrogen (secondary N) is 1. The molecule has 0 aliphatic carbocycles. The predicted octanol–water partition coefficient (Wildman–Crippen LogP) is 0.654. The van der Waals surface area contributed by atoms with Gasteiger partial charge in [0.2, 0.25) is 0 Å². The maximum Gasteiger partial charge on any atom is 0.264 e. The smallest absolute Gasteiger partial charge is 0.264 e. The summed E-state index contributed by atoms with van der Waals surface area (Å²) in [5, 5.41) is 6.52. The van der Waals surface area contributed by atoms with Crippen LogP contribution in [-0.4, -0.2) is 35.2 Å². The lowest BCUT2D eigenvalue weighted by atomic mass is 9.92. The van der Waals surface area contributed by atoms with Crippen LogP contribution >= 0.6 is 0 Å². The fourth-order valence-corrected chi connectivity index (χ4v) is 2.05. The molecule has 0 radical (unpaired) electrons. The third-order valence-corrected chi connectivity index (χ3v) is 3.07. The molecule has 0 spiro atoms. The van der Waals surface area contributed by atoms with Gasteiger partial charge in [0.25, 0.3) is 5.56 Å². The molecule has 1 aliphatic heterocycles. The van der Waals surface area contributed by atoms with E-state index in [0.717, 1.165) is 18.0 Å². The monoisotopic (exact) mass is 207 g/mol. The van der Waals surface area contributed by atoms with Crippen molar-refractivity contribution in [1.82, 2.24) is 15.1 Å². The van der Waals surface area contributed by atoms with Gasteiger partial charge in [-0.15, -0.1) is 0 Å². The first-order chi connectivity index (χ1) is 7.24. The Morgan fingerprint density at radius 2 is 2.20 bits per heavy atom. The second-order valence-corrected chi connectivity index (χ2v) is 4.36. The van der Waals surface area contributed by atoms with Crippen LogP contribution in [0.3, 0.4) is 0 Å². The van der Waals surface area contributed by atoms with E-state index in [1.165, 1.54) is 25.9 Å². The van der Waals surface area contributed by atoms with E-state index < -0.39 is 0 Å². The first kappa shape index (κ1) is 10.4. The van der Waals surface area contributed by atoms with Crippen LogP contribution in [0.4, 0.5) is 0 Å². The van der Waals surface area contributed by atoms with Gasteiger partial charge >= 0.3 is 0 Å². The van der Waals surface area contributed by atoms with Gasteiger partial charge in [-0.1, -0.05) is 0 Å². The maximum absolute atomic E-state index is 10.8. The van der Waals surface area contributed by atoms with Crippen molar-refractivity contribution >= 4 is 0 Å². The summed E-state index contributed by atoms with van der Waals surface area (Å²) in [6, 6.07) is 3.38. The molecule has 1 saturated heterocycles. The first-order valence-corrected chi connectivity index (χ1v) is 5.47. The fourth-order valence-electron chi connectivity index (χ4n) is 2.05. The average molecular weight is 207 g/mol. The molecule has 1 fully saturated rings. The molecule has 4 heteroatoms. The van der Waals surface area contributed by atoms with Crippen molar-refractivity contribution in [3.8, 4) is 0 Å². The van der Waals surface area contributed by atoms with E-state index in [-0.39, 0.29) is 5.56 Å². The Morgan fingerprint density at radius 1 is 1.47 bits per heavy atom. The summed E-state index contributed by atoms with van der Waals surface area (Å²) in [5.74, 6) is 0.722. The lowest BCUT2D eigenvalue weighted by Crippen LogP contribution is -2.31. The highest BCUT2D eigenvalue weighted by Gasteiger charge is 2.17. The zero-order valence-electron chi connectivity index (χ0n) is 9.07. The van der Waals surface area contributed by atoms with Crippen molar-refractivity contribution in [2.45, 2.75) is 19.3 Å². The summed E-state index contributed by atoms with van der Waals surface area (Å²) in [6.45, 7) is 2.35. The van der Waals surface area contributed by atoms with Crippen LogP contribution in [0.25, 0.3) is 0 Å². The van der Waals surface area contributed by atoms with Gasteiger partial charge in [0, 0.05) is 6.07 Å². The van der Waals surface area contributed by atoms with E-state index in [4.69, 9.17) is 0 Å². The molecule has 1 aromatic heterocycles. The first-order valence-electron chi connectivity index (χ1n) is 5.47. The molecule has 1 aromatic rings. The molecule has 15 heavy (non-hydrogen) atoms. The minimum absolute atomic E-state index is 0.123. The number of likely N-dealkylation sites (tertiary alicyclic amines) is 1. The van der Waals surface area contributed by atoms with E-state index in [9.17, 15) is 4.79 Å². The second-order valence-electron chi connectivity index (χ2n) is 4.36. The van der Waals surface area contributed by atoms with Crippen molar-refractivity contribution in [3.63, 3.8) is 0 Å². The highest BCUT2D eigenvalue weighted by atomic mass is 16.1. The topological polar surface area (TPSA) is 49.0 Å². The van der Waals surface area contributed by atoms with Crippen molar-refractivity contribution in [2.24, 2.45) is 5.92 Å². The lowest BCUT2D eigenvalue weighted by Gasteiger charge is -2.28. The number of H-pyrrole nitrogens is 1. The van der Waals surface area contributed by atoms with Gasteiger partial charge in [-0.2, -0.15) is 5.10 Å². The highest BCUT2D eigenvalue weighted by molar-refractivity contribution is 5.00. The third kappa shape index (κ3) is 2.89. The molecule has 0 unspecified atom stereocenters. The molecule has 0 aromatic carbocycles. The lowest BCUT2D eigenvalue weighted by molar-refractivity contribution is 0.218. The molecule has 4 nitrogen and oxygen atoms in total. The second kappa shape index (κ2) is 4.57. The standard InChI is InChI=1S/C11H17N3O/c1-14-6-4-9(5-7-14)8-10-2-3-11(15)13-12-10/h2-3,9H,4-8H2,1H3,(H,13,15). The van der Waals surface area contributed by atoms with Crippen molar-refractivity contribution < 1.29 is 0 Å². The molecule has 1 aliphatic rings. The van der Waals surface area contributed by atoms with Crippen LogP contribution < -0.4 is 5.56 Å². The fraction of sp³-hybridized carbons (Fsp3) is 0.636. The zero-order chi connectivity index (χ0) is 10.7. The number of nitrogens with zero attached hydrogens (tertiary/aromatic N) is 2. The number of aromatic amines is 1. The summed E-state index contributed by atoms with van der Waals surface area (Å²) < 4.78 is 0. The van der Waals surface area contributed by atoms with Gasteiger partial charge in [0.05, 0.1) is 5.69 Å². The van der Waals surface area contributed by atoms with Crippen LogP contribution in [-0.2, 0) is 6.42 Å². The summed E-state index contributed by atoms with van der Waals surface area (Å²) >= 11 is 0. The summed E-state index contributed by atoms with van der Waals surface area (Å²) in [6.07, 6.45) is 3.46. The molecule has 0 saturated carbocycles. The quantitative estimate of drug-likeness (QED) is 0.774. The van der Waals surface area contributed by atoms with Crippen LogP contribution in [0.1, 0.15) is 18.5 Å². The molecule has 2 rings (SSSR count). The Labute approximate surface area is 89.3 Å². The largest absolute Gasteiger partial charge is 0.306 e. The van der Waals surface area contributed by atoms with Gasteiger partial charge < -0.3 is 4.90 Å². The average Bonchev–Trinajstić information content (AvgIpc) is 2.25. The van der Waals surface area contributed by atoms with Gasteiger partial charge in [0.1, 0.15) is 0 Å². The van der Waals surface area contributed by atoms with Crippen molar-refractivity contribution in [1.29, 1.82) is 0 Å². The van der Waals surface area contributed by atoms with Crippen molar-refractivity contribution in [3.05, 3.63) is 28.2 Å². The van der Waals surface area contributed by atoms with Crippen molar-refractivity contribution in [2.75, 3.05) is 20.1 Å². The molecule has 82 valence electrons. The minimum atomic E-state index is -0.123. The summed E-state index contributed by atoms with van der Waals surface area (Å²) in [7, 11) is 2.16. The third-order valence-electron chi connectivity index (χ3n) is 3.07. The maximum atomic E-state index is 10.8. The molecule has 0 atom stereocenters. The molecule has 0 amide bonds. The van der Waals surface area contributed by atoms with E-state index in [0.29, 0.717) is 0 Å². The SMILES string of the molecule is CN1CCC(Cc2ccc(=O)[nH]n2)CC1. The van der Waals surface area contributed by atoms with E-state index in [1.807, 2.05) is 6.07 Å². The van der Waals surface area contributed by atoms with Crippen LogP contribution in [0.2, 0.25) is 0 Å². The van der Waals surface area contributed by atoms with Gasteiger partial charge in [-0.3, -0.25) is 4.79 Å². The van der Waals surface area contributed by atoms with Crippen LogP contribution in [0.15, 0.2) is 16.9 Å². The molecular weight excluding hydrogens is 190 g/mol. The Bertz CT molecular complexity index is 346. The van der Waals surface area contributed by atoms with Crippen LogP contribution in [0, 0.1) is 5.92 Å². The normalized spacial score (nSPS) is 19.3. The Kier molecular flexibility index (Phi) is 3.16. The minimum Gasteiger partial charge on any atom is -0.306 e. The number of aromatic nitrogens is 2. The molecule has 2 heterocycles. The van der Waals surface area contributed by atoms with E-state index in [2.05, 4.69) is 22.1 Å². The van der Waals surface area contributed by atoms with Gasteiger partial charge in [-0.25, -0.2) is 5.10 Å². The van der Waals surface area contributed by atoms with Crippen LogP contribution in [0.5, 0.6) is 0 Å². The summed E-state index contributed by atoms with van der Waals surface area (Å²) in [4.78, 5) is 13.2. The summed E-state index contributed by atoms with van der Waals surface area (Å²) in [5.41, 5.74) is 0.881. The molecule has 0 bridgehead atoms. The Hall–Kier alpha value is -1.16. The Morgan fingerprint density at radius 3 is 2.80 bits per heavy atom. The number of rotatable bonds is 2. The molecular formula is C11H17N3O. The number of hydrogen-bond acceptors (Lipinski definition) is 3. The van der Waals surface area contributed by atoms with E-state index >= 15 is 0 Å². The Balaban J connectivity index is 1.92. The van der Waals surface area contributed by atoms with Gasteiger partial charge in [-0.05, 0) is 51.4 Å². The highest BCUT2D eigenvalue weighted by Crippen LogP contribution is 2.19. The van der Waals surface area contributed by atoms with E-state index in [1.54, 1.807) is 6.07 Å². The number of piperidine rings is 1. The zero-order valence-corrected chi connectivity index (χ0v) is 9.07.